The van der Waals surface area contributed by atoms with Crippen molar-refractivity contribution in [1.82, 2.24) is 10.6 Å². The fourth-order valence-electron chi connectivity index (χ4n) is 1.43. The molecule has 0 bridgehead atoms. The Labute approximate surface area is 113 Å². The fourth-order valence-corrected chi connectivity index (χ4v) is 1.43. The van der Waals surface area contributed by atoms with Crippen molar-refractivity contribution < 1.29 is 19.1 Å². The highest BCUT2D eigenvalue weighted by molar-refractivity contribution is 5.93. The van der Waals surface area contributed by atoms with Gasteiger partial charge in [0.15, 0.2) is 0 Å². The number of carbonyl (C=O) groups excluding carboxylic acids is 3. The molecule has 0 aromatic heterocycles. The van der Waals surface area contributed by atoms with Crippen molar-refractivity contribution in [2.45, 2.75) is 33.2 Å². The Hall–Kier alpha value is -1.85. The van der Waals surface area contributed by atoms with Gasteiger partial charge in [0.1, 0.15) is 12.6 Å². The second-order valence-corrected chi connectivity index (χ2v) is 4.42. The summed E-state index contributed by atoms with van der Waals surface area (Å²) in [6.45, 7) is 8.95. The Morgan fingerprint density at radius 3 is 2.42 bits per heavy atom. The van der Waals surface area contributed by atoms with Gasteiger partial charge in [-0.2, -0.15) is 0 Å². The standard InChI is InChI=1S/C13H22N2O4/c1-5-11(16)15-10(7-9(3)4)13(18)14-8-12(17)19-6-2/h5,9-10H,1,6-8H2,2-4H3,(H,14,18)(H,15,16)/t10-/m1/s1. The first kappa shape index (κ1) is 17.2. The molecule has 0 aliphatic heterocycles. The van der Waals surface area contributed by atoms with E-state index in [2.05, 4.69) is 17.2 Å². The Kier molecular flexibility index (Phi) is 8.24. The molecule has 0 radical (unpaired) electrons. The van der Waals surface area contributed by atoms with Gasteiger partial charge >= 0.3 is 5.97 Å². The smallest absolute Gasteiger partial charge is 0.325 e. The maximum atomic E-state index is 11.9. The van der Waals surface area contributed by atoms with Gasteiger partial charge in [-0.1, -0.05) is 20.4 Å². The lowest BCUT2D eigenvalue weighted by atomic mass is 10.0. The van der Waals surface area contributed by atoms with Crippen LogP contribution in [-0.4, -0.2) is 37.0 Å². The molecule has 0 saturated carbocycles. The van der Waals surface area contributed by atoms with Crippen LogP contribution in [0.4, 0.5) is 0 Å². The van der Waals surface area contributed by atoms with Crippen molar-refractivity contribution in [2.75, 3.05) is 13.2 Å². The summed E-state index contributed by atoms with van der Waals surface area (Å²) in [6.07, 6.45) is 1.58. The molecule has 0 aromatic carbocycles. The summed E-state index contributed by atoms with van der Waals surface area (Å²) >= 11 is 0. The largest absolute Gasteiger partial charge is 0.465 e. The number of nitrogens with one attached hydrogen (secondary N) is 2. The highest BCUT2D eigenvalue weighted by atomic mass is 16.5. The number of amides is 2. The van der Waals surface area contributed by atoms with E-state index in [4.69, 9.17) is 4.74 Å². The molecule has 0 rings (SSSR count). The highest BCUT2D eigenvalue weighted by Crippen LogP contribution is 2.05. The number of hydrogen-bond donors (Lipinski definition) is 2. The van der Waals surface area contributed by atoms with E-state index in [0.29, 0.717) is 6.42 Å². The highest BCUT2D eigenvalue weighted by Gasteiger charge is 2.21. The van der Waals surface area contributed by atoms with Crippen LogP contribution < -0.4 is 10.6 Å². The van der Waals surface area contributed by atoms with Crippen LogP contribution in [0.25, 0.3) is 0 Å². The van der Waals surface area contributed by atoms with Crippen LogP contribution in [0.5, 0.6) is 0 Å². The molecule has 2 amide bonds. The monoisotopic (exact) mass is 270 g/mol. The molecule has 19 heavy (non-hydrogen) atoms. The van der Waals surface area contributed by atoms with Crippen LogP contribution in [0.3, 0.4) is 0 Å². The van der Waals surface area contributed by atoms with Crippen LogP contribution in [0.15, 0.2) is 12.7 Å². The zero-order valence-corrected chi connectivity index (χ0v) is 11.7. The third kappa shape index (κ3) is 7.96. The van der Waals surface area contributed by atoms with Crippen molar-refractivity contribution in [3.05, 3.63) is 12.7 Å². The van der Waals surface area contributed by atoms with Crippen molar-refractivity contribution in [3.8, 4) is 0 Å². The van der Waals surface area contributed by atoms with Crippen LogP contribution in [0, 0.1) is 5.92 Å². The maximum Gasteiger partial charge on any atom is 0.325 e. The van der Waals surface area contributed by atoms with E-state index >= 15 is 0 Å². The summed E-state index contributed by atoms with van der Waals surface area (Å²) in [6, 6.07) is -0.681. The van der Waals surface area contributed by atoms with E-state index in [0.717, 1.165) is 6.08 Å². The predicted octanol–water partition coefficient (Wildman–Crippen LogP) is 0.383. The summed E-state index contributed by atoms with van der Waals surface area (Å²) in [5.74, 6) is -1.11. The van der Waals surface area contributed by atoms with Gasteiger partial charge in [0.25, 0.3) is 0 Å². The number of carbonyl (C=O) groups is 3. The number of rotatable bonds is 8. The zero-order valence-electron chi connectivity index (χ0n) is 11.7. The van der Waals surface area contributed by atoms with Gasteiger partial charge in [-0.05, 0) is 25.3 Å². The molecule has 0 aliphatic carbocycles. The fraction of sp³-hybridized carbons (Fsp3) is 0.615. The molecule has 0 spiro atoms. The van der Waals surface area contributed by atoms with Gasteiger partial charge in [0.2, 0.25) is 11.8 Å². The summed E-state index contributed by atoms with van der Waals surface area (Å²) in [4.78, 5) is 34.2. The van der Waals surface area contributed by atoms with Crippen LogP contribution in [-0.2, 0) is 19.1 Å². The van der Waals surface area contributed by atoms with E-state index in [9.17, 15) is 14.4 Å². The van der Waals surface area contributed by atoms with Crippen molar-refractivity contribution >= 4 is 17.8 Å². The predicted molar refractivity (Wildman–Crippen MR) is 71.2 cm³/mol. The minimum Gasteiger partial charge on any atom is -0.465 e. The molecule has 6 nitrogen and oxygen atoms in total. The normalized spacial score (nSPS) is 11.6. The lowest BCUT2D eigenvalue weighted by Crippen LogP contribution is -2.48. The number of hydrogen-bond acceptors (Lipinski definition) is 4. The number of ether oxygens (including phenoxy) is 1. The molecular formula is C13H22N2O4. The molecule has 0 aliphatic rings. The van der Waals surface area contributed by atoms with E-state index < -0.39 is 23.8 Å². The molecule has 0 saturated heterocycles. The Balaban J connectivity index is 4.40. The summed E-state index contributed by atoms with van der Waals surface area (Å²) in [5, 5.41) is 4.97. The minimum absolute atomic E-state index is 0.203. The van der Waals surface area contributed by atoms with Gasteiger partial charge in [-0.3, -0.25) is 14.4 Å². The minimum atomic E-state index is -0.681. The lowest BCUT2D eigenvalue weighted by Gasteiger charge is -2.19. The topological polar surface area (TPSA) is 84.5 Å². The second kappa shape index (κ2) is 9.13. The molecular weight excluding hydrogens is 248 g/mol. The molecule has 108 valence electrons. The first-order valence-corrected chi connectivity index (χ1v) is 6.26. The summed E-state index contributed by atoms with van der Waals surface area (Å²) in [5.41, 5.74) is 0. The van der Waals surface area contributed by atoms with E-state index in [1.54, 1.807) is 6.92 Å². The second-order valence-electron chi connectivity index (χ2n) is 4.42. The molecule has 0 unspecified atom stereocenters. The van der Waals surface area contributed by atoms with Crippen molar-refractivity contribution in [2.24, 2.45) is 5.92 Å². The van der Waals surface area contributed by atoms with Crippen LogP contribution in [0.1, 0.15) is 27.2 Å². The Morgan fingerprint density at radius 2 is 1.95 bits per heavy atom. The van der Waals surface area contributed by atoms with E-state index in [1.807, 2.05) is 13.8 Å². The molecule has 0 aromatic rings. The van der Waals surface area contributed by atoms with Crippen molar-refractivity contribution in [3.63, 3.8) is 0 Å². The average molecular weight is 270 g/mol. The van der Waals surface area contributed by atoms with Gasteiger partial charge in [-0.25, -0.2) is 0 Å². The molecule has 6 heteroatoms. The third-order valence-corrected chi connectivity index (χ3v) is 2.24. The van der Waals surface area contributed by atoms with Crippen LogP contribution >= 0.6 is 0 Å². The Morgan fingerprint density at radius 1 is 1.32 bits per heavy atom. The summed E-state index contributed by atoms with van der Waals surface area (Å²) in [7, 11) is 0. The van der Waals surface area contributed by atoms with Gasteiger partial charge in [0, 0.05) is 0 Å². The SMILES string of the molecule is C=CC(=O)N[C@H](CC(C)C)C(=O)NCC(=O)OCC. The molecule has 2 N–H and O–H groups in total. The number of esters is 1. The maximum absolute atomic E-state index is 11.9. The summed E-state index contributed by atoms with van der Waals surface area (Å²) < 4.78 is 4.70. The average Bonchev–Trinajstić information content (AvgIpc) is 2.34. The zero-order chi connectivity index (χ0) is 14.8. The van der Waals surface area contributed by atoms with Gasteiger partial charge in [-0.15, -0.1) is 0 Å². The van der Waals surface area contributed by atoms with Crippen molar-refractivity contribution in [1.29, 1.82) is 0 Å². The van der Waals surface area contributed by atoms with Crippen LogP contribution in [0.2, 0.25) is 0 Å². The lowest BCUT2D eigenvalue weighted by molar-refractivity contribution is -0.143. The Bertz CT molecular complexity index is 340. The molecule has 0 fully saturated rings. The molecule has 0 heterocycles. The molecule has 1 atom stereocenters. The van der Waals surface area contributed by atoms with E-state index in [1.165, 1.54) is 0 Å². The quantitative estimate of drug-likeness (QED) is 0.493. The van der Waals surface area contributed by atoms with E-state index in [-0.39, 0.29) is 19.1 Å². The van der Waals surface area contributed by atoms with Gasteiger partial charge in [0.05, 0.1) is 6.61 Å². The first-order chi connectivity index (χ1) is 8.90. The third-order valence-electron chi connectivity index (χ3n) is 2.24. The van der Waals surface area contributed by atoms with Gasteiger partial charge < -0.3 is 15.4 Å². The first-order valence-electron chi connectivity index (χ1n) is 6.26.